The first-order valence-electron chi connectivity index (χ1n) is 6.45. The number of aliphatic carboxylic acids is 1. The van der Waals surface area contributed by atoms with Gasteiger partial charge in [-0.1, -0.05) is 25.1 Å². The van der Waals surface area contributed by atoms with Gasteiger partial charge in [-0.15, -0.1) is 0 Å². The van der Waals surface area contributed by atoms with Gasteiger partial charge in [0, 0.05) is 11.7 Å². The number of urea groups is 1. The Labute approximate surface area is 112 Å². The molecule has 1 aliphatic heterocycles. The third-order valence-corrected chi connectivity index (χ3v) is 3.43. The van der Waals surface area contributed by atoms with Crippen LogP contribution in [0.1, 0.15) is 25.8 Å². The lowest BCUT2D eigenvalue weighted by molar-refractivity contribution is -0.139. The molecule has 2 N–H and O–H groups in total. The Hall–Kier alpha value is -2.04. The van der Waals surface area contributed by atoms with Gasteiger partial charge in [-0.05, 0) is 31.4 Å². The number of fused-ring (bicyclic) bond motifs is 1. The number of carbonyl (C=O) groups excluding carboxylic acids is 1. The highest BCUT2D eigenvalue weighted by Gasteiger charge is 2.32. The van der Waals surface area contributed by atoms with Crippen molar-refractivity contribution in [1.82, 2.24) is 5.32 Å². The monoisotopic (exact) mass is 262 g/mol. The predicted octanol–water partition coefficient (Wildman–Crippen LogP) is 2.01. The smallest absolute Gasteiger partial charge is 0.326 e. The molecule has 19 heavy (non-hydrogen) atoms. The van der Waals surface area contributed by atoms with Crippen LogP contribution in [-0.2, 0) is 11.2 Å². The standard InChI is InChI=1S/C14H18N2O3/c1-3-11(13(17)18)15-14(19)16-9(2)8-10-6-4-5-7-12(10)16/h4-7,9,11H,3,8H2,1-2H3,(H,15,19)(H,17,18)/t9?,11-/m0/s1. The van der Waals surface area contributed by atoms with Crippen molar-refractivity contribution in [3.8, 4) is 0 Å². The van der Waals surface area contributed by atoms with Crippen molar-refractivity contribution in [1.29, 1.82) is 0 Å². The quantitative estimate of drug-likeness (QED) is 0.875. The number of carbonyl (C=O) groups is 2. The second-order valence-corrected chi connectivity index (χ2v) is 4.80. The minimum absolute atomic E-state index is 0.0451. The van der Waals surface area contributed by atoms with Gasteiger partial charge in [-0.25, -0.2) is 9.59 Å². The number of rotatable bonds is 3. The molecule has 2 amide bonds. The molecule has 0 spiro atoms. The zero-order valence-corrected chi connectivity index (χ0v) is 11.1. The molecular formula is C14H18N2O3. The van der Waals surface area contributed by atoms with Crippen LogP contribution in [-0.4, -0.2) is 29.2 Å². The van der Waals surface area contributed by atoms with Crippen LogP contribution in [0.2, 0.25) is 0 Å². The summed E-state index contributed by atoms with van der Waals surface area (Å²) in [5, 5.41) is 11.6. The van der Waals surface area contributed by atoms with Gasteiger partial charge in [-0.3, -0.25) is 4.90 Å². The first-order valence-corrected chi connectivity index (χ1v) is 6.45. The third kappa shape index (κ3) is 2.54. The highest BCUT2D eigenvalue weighted by atomic mass is 16.4. The summed E-state index contributed by atoms with van der Waals surface area (Å²) in [7, 11) is 0. The van der Waals surface area contributed by atoms with Crippen molar-refractivity contribution in [2.24, 2.45) is 0 Å². The fourth-order valence-electron chi connectivity index (χ4n) is 2.43. The van der Waals surface area contributed by atoms with Crippen molar-refractivity contribution in [3.05, 3.63) is 29.8 Å². The summed E-state index contributed by atoms with van der Waals surface area (Å²) < 4.78 is 0. The van der Waals surface area contributed by atoms with Crippen LogP contribution in [0.4, 0.5) is 10.5 Å². The van der Waals surface area contributed by atoms with Crippen LogP contribution in [0.15, 0.2) is 24.3 Å². The third-order valence-electron chi connectivity index (χ3n) is 3.43. The van der Waals surface area contributed by atoms with E-state index in [1.807, 2.05) is 31.2 Å². The van der Waals surface area contributed by atoms with Crippen LogP contribution in [0.25, 0.3) is 0 Å². The molecule has 5 heteroatoms. The minimum atomic E-state index is -1.00. The van der Waals surface area contributed by atoms with E-state index in [4.69, 9.17) is 5.11 Å². The predicted molar refractivity (Wildman–Crippen MR) is 72.3 cm³/mol. The van der Waals surface area contributed by atoms with Gasteiger partial charge < -0.3 is 10.4 Å². The molecule has 0 aromatic heterocycles. The van der Waals surface area contributed by atoms with E-state index >= 15 is 0 Å². The van der Waals surface area contributed by atoms with E-state index in [1.54, 1.807) is 11.8 Å². The van der Waals surface area contributed by atoms with Gasteiger partial charge in [0.05, 0.1) is 0 Å². The maximum atomic E-state index is 12.2. The number of benzene rings is 1. The number of amides is 2. The summed E-state index contributed by atoms with van der Waals surface area (Å²) in [6.07, 6.45) is 1.17. The SMILES string of the molecule is CC[C@H](NC(=O)N1c2ccccc2CC1C)C(=O)O. The Kier molecular flexibility index (Phi) is 3.74. The van der Waals surface area contributed by atoms with Crippen molar-refractivity contribution in [3.63, 3.8) is 0 Å². The van der Waals surface area contributed by atoms with Crippen LogP contribution < -0.4 is 10.2 Å². The van der Waals surface area contributed by atoms with Crippen molar-refractivity contribution < 1.29 is 14.7 Å². The van der Waals surface area contributed by atoms with Gasteiger partial charge in [0.1, 0.15) is 6.04 Å². The van der Waals surface area contributed by atoms with Crippen LogP contribution in [0.3, 0.4) is 0 Å². The number of anilines is 1. The zero-order valence-electron chi connectivity index (χ0n) is 11.1. The molecule has 1 aromatic rings. The molecule has 0 radical (unpaired) electrons. The fraction of sp³-hybridized carbons (Fsp3) is 0.429. The maximum absolute atomic E-state index is 12.2. The number of para-hydroxylation sites is 1. The highest BCUT2D eigenvalue weighted by molar-refractivity contribution is 5.96. The average Bonchev–Trinajstić information content (AvgIpc) is 2.71. The van der Waals surface area contributed by atoms with Crippen molar-refractivity contribution >= 4 is 17.7 Å². The van der Waals surface area contributed by atoms with E-state index in [-0.39, 0.29) is 12.1 Å². The summed E-state index contributed by atoms with van der Waals surface area (Å²) in [6, 6.07) is 6.57. The number of carboxylic acids is 1. The minimum Gasteiger partial charge on any atom is -0.480 e. The summed E-state index contributed by atoms with van der Waals surface area (Å²) in [5.41, 5.74) is 1.99. The van der Waals surface area contributed by atoms with Gasteiger partial charge in [0.25, 0.3) is 0 Å². The molecule has 1 heterocycles. The molecule has 1 unspecified atom stereocenters. The molecule has 0 bridgehead atoms. The summed E-state index contributed by atoms with van der Waals surface area (Å²) in [4.78, 5) is 24.9. The second-order valence-electron chi connectivity index (χ2n) is 4.80. The topological polar surface area (TPSA) is 69.6 Å². The Bertz CT molecular complexity index is 501. The number of nitrogens with zero attached hydrogens (tertiary/aromatic N) is 1. The molecule has 1 aromatic carbocycles. The normalized spacial score (nSPS) is 18.8. The molecule has 1 aliphatic rings. The number of carboxylic acid groups (broad SMARTS) is 1. The number of hydrogen-bond donors (Lipinski definition) is 2. The Balaban J connectivity index is 2.18. The Morgan fingerprint density at radius 3 is 2.79 bits per heavy atom. The largest absolute Gasteiger partial charge is 0.480 e. The van der Waals surface area contributed by atoms with E-state index in [0.29, 0.717) is 6.42 Å². The number of nitrogens with one attached hydrogen (secondary N) is 1. The first kappa shape index (κ1) is 13.4. The summed E-state index contributed by atoms with van der Waals surface area (Å²) >= 11 is 0. The highest BCUT2D eigenvalue weighted by Crippen LogP contribution is 2.31. The van der Waals surface area contributed by atoms with E-state index < -0.39 is 12.0 Å². The lowest BCUT2D eigenvalue weighted by Crippen LogP contribution is -2.49. The maximum Gasteiger partial charge on any atom is 0.326 e. The summed E-state index contributed by atoms with van der Waals surface area (Å²) in [6.45, 7) is 3.70. The molecule has 0 saturated carbocycles. The molecule has 0 fully saturated rings. The van der Waals surface area contributed by atoms with E-state index in [2.05, 4.69) is 5.32 Å². The van der Waals surface area contributed by atoms with E-state index in [1.165, 1.54) is 0 Å². The van der Waals surface area contributed by atoms with Gasteiger partial charge >= 0.3 is 12.0 Å². The second kappa shape index (κ2) is 5.30. The van der Waals surface area contributed by atoms with Gasteiger partial charge in [0.15, 0.2) is 0 Å². The molecule has 102 valence electrons. The van der Waals surface area contributed by atoms with Gasteiger partial charge in [0.2, 0.25) is 0 Å². The zero-order chi connectivity index (χ0) is 14.0. The molecule has 0 saturated heterocycles. The molecule has 0 aliphatic carbocycles. The lowest BCUT2D eigenvalue weighted by Gasteiger charge is -2.25. The Morgan fingerprint density at radius 1 is 1.47 bits per heavy atom. The van der Waals surface area contributed by atoms with E-state index in [9.17, 15) is 9.59 Å². The van der Waals surface area contributed by atoms with Gasteiger partial charge in [-0.2, -0.15) is 0 Å². The average molecular weight is 262 g/mol. The van der Waals surface area contributed by atoms with E-state index in [0.717, 1.165) is 17.7 Å². The molecular weight excluding hydrogens is 244 g/mol. The summed E-state index contributed by atoms with van der Waals surface area (Å²) in [5.74, 6) is -1.00. The van der Waals surface area contributed by atoms with Crippen LogP contribution in [0, 0.1) is 0 Å². The lowest BCUT2D eigenvalue weighted by atomic mass is 10.1. The molecule has 2 rings (SSSR count). The molecule has 5 nitrogen and oxygen atoms in total. The number of hydrogen-bond acceptors (Lipinski definition) is 2. The van der Waals surface area contributed by atoms with Crippen LogP contribution in [0.5, 0.6) is 0 Å². The van der Waals surface area contributed by atoms with Crippen molar-refractivity contribution in [2.45, 2.75) is 38.8 Å². The molecule has 2 atom stereocenters. The van der Waals surface area contributed by atoms with Crippen molar-refractivity contribution in [2.75, 3.05) is 4.90 Å². The van der Waals surface area contributed by atoms with Crippen LogP contribution >= 0.6 is 0 Å². The Morgan fingerprint density at radius 2 is 2.16 bits per heavy atom. The fourth-order valence-corrected chi connectivity index (χ4v) is 2.43. The first-order chi connectivity index (χ1) is 9.04.